The van der Waals surface area contributed by atoms with Gasteiger partial charge in [-0.25, -0.2) is 4.79 Å². The third kappa shape index (κ3) is 2.15. The highest BCUT2D eigenvalue weighted by Gasteiger charge is 2.39. The highest BCUT2D eigenvalue weighted by molar-refractivity contribution is 7.10. The van der Waals surface area contributed by atoms with Crippen molar-refractivity contribution in [3.8, 4) is 5.75 Å². The minimum atomic E-state index is -3.82. The van der Waals surface area contributed by atoms with Crippen LogP contribution in [0, 0.1) is 0 Å². The highest BCUT2D eigenvalue weighted by Crippen LogP contribution is 2.30. The van der Waals surface area contributed by atoms with Crippen molar-refractivity contribution < 1.29 is 23.8 Å². The van der Waals surface area contributed by atoms with Crippen LogP contribution in [0.25, 0.3) is 0 Å². The van der Waals surface area contributed by atoms with Crippen LogP contribution in [0.2, 0.25) is 0 Å². The molecule has 1 heterocycles. The summed E-state index contributed by atoms with van der Waals surface area (Å²) in [6, 6.07) is 1.25. The average molecular weight is 208 g/mol. The third-order valence-electron chi connectivity index (χ3n) is 1.42. The number of carboxylic acids is 1. The van der Waals surface area contributed by atoms with Crippen LogP contribution in [0.4, 0.5) is 8.78 Å². The van der Waals surface area contributed by atoms with Crippen molar-refractivity contribution in [2.45, 2.75) is 12.3 Å². The SMILES string of the molecule is O=C(O)C(F)(F)Cc1sccc1O. The predicted octanol–water partition coefficient (Wildman–Crippen LogP) is 1.72. The van der Waals surface area contributed by atoms with Gasteiger partial charge in [0.2, 0.25) is 0 Å². The van der Waals surface area contributed by atoms with Crippen molar-refractivity contribution in [1.82, 2.24) is 0 Å². The molecule has 0 aromatic carbocycles. The van der Waals surface area contributed by atoms with Crippen molar-refractivity contribution in [2.24, 2.45) is 0 Å². The zero-order chi connectivity index (χ0) is 10.1. The van der Waals surface area contributed by atoms with E-state index < -0.39 is 18.3 Å². The van der Waals surface area contributed by atoms with Crippen LogP contribution in [0.3, 0.4) is 0 Å². The number of carbonyl (C=O) groups is 1. The van der Waals surface area contributed by atoms with Crippen LogP contribution in [0.1, 0.15) is 4.88 Å². The van der Waals surface area contributed by atoms with E-state index in [-0.39, 0.29) is 10.6 Å². The fourth-order valence-electron chi connectivity index (χ4n) is 0.743. The highest BCUT2D eigenvalue weighted by atomic mass is 32.1. The Hall–Kier alpha value is -1.17. The van der Waals surface area contributed by atoms with Crippen molar-refractivity contribution in [1.29, 1.82) is 0 Å². The fourth-order valence-corrected chi connectivity index (χ4v) is 1.56. The first-order valence-electron chi connectivity index (χ1n) is 3.30. The zero-order valence-electron chi connectivity index (χ0n) is 6.33. The number of alkyl halides is 2. The first-order valence-corrected chi connectivity index (χ1v) is 4.18. The Kier molecular flexibility index (Phi) is 2.51. The lowest BCUT2D eigenvalue weighted by molar-refractivity contribution is -0.164. The molecule has 0 bridgehead atoms. The molecule has 0 fully saturated rings. The molecule has 0 spiro atoms. The summed E-state index contributed by atoms with van der Waals surface area (Å²) in [6.07, 6.45) is -0.966. The van der Waals surface area contributed by atoms with Gasteiger partial charge in [-0.15, -0.1) is 11.3 Å². The van der Waals surface area contributed by atoms with Crippen LogP contribution >= 0.6 is 11.3 Å². The molecule has 6 heteroatoms. The summed E-state index contributed by atoms with van der Waals surface area (Å²) in [5, 5.41) is 18.5. The number of hydrogen-bond acceptors (Lipinski definition) is 3. The standard InChI is InChI=1S/C7H6F2O3S/c8-7(9,6(11)12)3-5-4(10)1-2-13-5/h1-2,10H,3H2,(H,11,12). The molecule has 0 aliphatic carbocycles. The van der Waals surface area contributed by atoms with Gasteiger partial charge in [-0.05, 0) is 11.4 Å². The van der Waals surface area contributed by atoms with E-state index in [0.29, 0.717) is 0 Å². The Labute approximate surface area is 76.2 Å². The smallest absolute Gasteiger partial charge is 0.374 e. The van der Waals surface area contributed by atoms with Gasteiger partial charge in [-0.2, -0.15) is 8.78 Å². The van der Waals surface area contributed by atoms with E-state index in [1.54, 1.807) is 0 Å². The Morgan fingerprint density at radius 1 is 1.62 bits per heavy atom. The maximum atomic E-state index is 12.6. The topological polar surface area (TPSA) is 57.5 Å². The van der Waals surface area contributed by atoms with Gasteiger partial charge in [0, 0.05) is 0 Å². The monoisotopic (exact) mass is 208 g/mol. The number of thiophene rings is 1. The summed E-state index contributed by atoms with van der Waals surface area (Å²) >= 11 is 0.900. The van der Waals surface area contributed by atoms with E-state index in [1.807, 2.05) is 0 Å². The van der Waals surface area contributed by atoms with Crippen LogP contribution in [-0.2, 0) is 11.2 Å². The second kappa shape index (κ2) is 3.29. The van der Waals surface area contributed by atoms with Crippen molar-refractivity contribution >= 4 is 17.3 Å². The van der Waals surface area contributed by atoms with Gasteiger partial charge in [0.05, 0.1) is 11.3 Å². The normalized spacial score (nSPS) is 11.5. The van der Waals surface area contributed by atoms with Gasteiger partial charge in [0.25, 0.3) is 0 Å². The molecule has 1 rings (SSSR count). The molecule has 0 saturated carbocycles. The Balaban J connectivity index is 2.80. The molecular weight excluding hydrogens is 202 g/mol. The first-order chi connectivity index (χ1) is 5.93. The summed E-state index contributed by atoms with van der Waals surface area (Å²) in [7, 11) is 0. The Morgan fingerprint density at radius 2 is 2.23 bits per heavy atom. The number of halogens is 2. The van der Waals surface area contributed by atoms with Crippen molar-refractivity contribution in [2.75, 3.05) is 0 Å². The van der Waals surface area contributed by atoms with Crippen LogP contribution in [-0.4, -0.2) is 22.1 Å². The van der Waals surface area contributed by atoms with Gasteiger partial charge in [-0.1, -0.05) is 0 Å². The fraction of sp³-hybridized carbons (Fsp3) is 0.286. The average Bonchev–Trinajstić information content (AvgIpc) is 2.35. The summed E-state index contributed by atoms with van der Waals surface area (Å²) in [5.74, 6) is -6.28. The van der Waals surface area contributed by atoms with Crippen LogP contribution < -0.4 is 0 Å². The molecule has 1 aromatic heterocycles. The molecule has 2 N–H and O–H groups in total. The molecule has 0 saturated heterocycles. The van der Waals surface area contributed by atoms with Gasteiger partial charge >= 0.3 is 11.9 Å². The first kappa shape index (κ1) is 9.91. The second-order valence-corrected chi connectivity index (χ2v) is 3.42. The number of carboxylic acid groups (broad SMARTS) is 1. The van der Waals surface area contributed by atoms with Crippen LogP contribution in [0.5, 0.6) is 5.75 Å². The Bertz CT molecular complexity index is 321. The second-order valence-electron chi connectivity index (χ2n) is 2.42. The molecule has 0 atom stereocenters. The largest absolute Gasteiger partial charge is 0.507 e. The number of rotatable bonds is 3. The van der Waals surface area contributed by atoms with E-state index in [4.69, 9.17) is 10.2 Å². The molecule has 0 radical (unpaired) electrons. The van der Waals surface area contributed by atoms with Crippen molar-refractivity contribution in [3.63, 3.8) is 0 Å². The summed E-state index contributed by atoms with van der Waals surface area (Å²) in [6.45, 7) is 0. The molecule has 1 aromatic rings. The Morgan fingerprint density at radius 3 is 2.62 bits per heavy atom. The van der Waals surface area contributed by atoms with E-state index in [1.165, 1.54) is 11.4 Å². The lowest BCUT2D eigenvalue weighted by Gasteiger charge is -2.09. The molecule has 0 unspecified atom stereocenters. The maximum Gasteiger partial charge on any atom is 0.374 e. The van der Waals surface area contributed by atoms with E-state index in [9.17, 15) is 13.6 Å². The van der Waals surface area contributed by atoms with Gasteiger partial charge in [0.15, 0.2) is 0 Å². The number of aromatic hydroxyl groups is 1. The summed E-state index contributed by atoms with van der Waals surface area (Å²) in [4.78, 5) is 10.0. The number of hydrogen-bond donors (Lipinski definition) is 2. The molecule has 72 valence electrons. The predicted molar refractivity (Wildman–Crippen MR) is 42.3 cm³/mol. The van der Waals surface area contributed by atoms with Gasteiger partial charge in [-0.3, -0.25) is 0 Å². The quantitative estimate of drug-likeness (QED) is 0.795. The maximum absolute atomic E-state index is 12.6. The minimum absolute atomic E-state index is 0.0209. The van der Waals surface area contributed by atoms with Gasteiger partial charge in [0.1, 0.15) is 5.75 Å². The van der Waals surface area contributed by atoms with E-state index >= 15 is 0 Å². The molecule has 0 amide bonds. The summed E-state index contributed by atoms with van der Waals surface area (Å²) < 4.78 is 25.2. The van der Waals surface area contributed by atoms with Crippen molar-refractivity contribution in [3.05, 3.63) is 16.3 Å². The minimum Gasteiger partial charge on any atom is -0.507 e. The zero-order valence-corrected chi connectivity index (χ0v) is 7.15. The van der Waals surface area contributed by atoms with E-state index in [2.05, 4.69) is 0 Å². The molecule has 3 nitrogen and oxygen atoms in total. The van der Waals surface area contributed by atoms with Crippen LogP contribution in [0.15, 0.2) is 11.4 Å². The van der Waals surface area contributed by atoms with E-state index in [0.717, 1.165) is 11.3 Å². The molecule has 13 heavy (non-hydrogen) atoms. The third-order valence-corrected chi connectivity index (χ3v) is 2.33. The lowest BCUT2D eigenvalue weighted by atomic mass is 10.2. The number of aliphatic carboxylic acids is 1. The molecule has 0 aliphatic heterocycles. The van der Waals surface area contributed by atoms with Gasteiger partial charge < -0.3 is 10.2 Å². The molecule has 0 aliphatic rings. The lowest BCUT2D eigenvalue weighted by Crippen LogP contribution is -2.30. The molecular formula is C7H6F2O3S. The summed E-state index contributed by atoms with van der Waals surface area (Å²) in [5.41, 5.74) is 0.